The molecule has 1 aliphatic carbocycles. The van der Waals surface area contributed by atoms with Crippen LogP contribution in [0.15, 0.2) is 53.9 Å². The average molecular weight is 439 g/mol. The van der Waals surface area contributed by atoms with E-state index in [1.165, 1.54) is 5.38 Å². The highest BCUT2D eigenvalue weighted by Crippen LogP contribution is 2.44. The number of nitrogens with one attached hydrogen (secondary N) is 2. The van der Waals surface area contributed by atoms with Crippen molar-refractivity contribution in [2.24, 2.45) is 0 Å². The predicted molar refractivity (Wildman–Crippen MR) is 112 cm³/mol. The number of ether oxygens (including phenoxy) is 1. The fraction of sp³-hybridized carbons (Fsp3) is 0.143. The number of carboxylic acids is 1. The number of nitrogens with zero attached hydrogens (tertiary/aromatic N) is 1. The third kappa shape index (κ3) is 4.55. The molecule has 31 heavy (non-hydrogen) atoms. The number of hydrogen-bond donors (Lipinski definition) is 3. The van der Waals surface area contributed by atoms with Gasteiger partial charge in [-0.2, -0.15) is 0 Å². The number of benzene rings is 2. The highest BCUT2D eigenvalue weighted by molar-refractivity contribution is 7.14. The van der Waals surface area contributed by atoms with Crippen LogP contribution in [0.5, 0.6) is 0 Å². The third-order valence-electron chi connectivity index (χ3n) is 4.65. The third-order valence-corrected chi connectivity index (χ3v) is 5.41. The van der Waals surface area contributed by atoms with Crippen molar-refractivity contribution in [1.82, 2.24) is 10.5 Å². The molecule has 9 nitrogen and oxygen atoms in total. The maximum atomic E-state index is 12.3. The van der Waals surface area contributed by atoms with Gasteiger partial charge in [0.1, 0.15) is 12.3 Å². The van der Waals surface area contributed by atoms with Crippen molar-refractivity contribution in [3.63, 3.8) is 0 Å². The molecule has 0 fully saturated rings. The van der Waals surface area contributed by atoms with Crippen LogP contribution in [0.25, 0.3) is 11.1 Å². The van der Waals surface area contributed by atoms with E-state index in [-0.39, 0.29) is 23.4 Å². The molecular formula is C21H17N3O6S. The number of rotatable bonds is 7. The van der Waals surface area contributed by atoms with E-state index in [0.29, 0.717) is 0 Å². The van der Waals surface area contributed by atoms with Crippen LogP contribution >= 0.6 is 11.3 Å². The molecule has 1 heterocycles. The first-order chi connectivity index (χ1) is 15.0. The highest BCUT2D eigenvalue weighted by atomic mass is 32.1. The molecule has 4 rings (SSSR count). The van der Waals surface area contributed by atoms with Crippen LogP contribution < -0.4 is 10.8 Å². The lowest BCUT2D eigenvalue weighted by Crippen LogP contribution is -2.27. The van der Waals surface area contributed by atoms with Gasteiger partial charge in [-0.3, -0.25) is 14.9 Å². The Balaban J connectivity index is 1.35. The van der Waals surface area contributed by atoms with Crippen LogP contribution in [-0.2, 0) is 14.4 Å². The van der Waals surface area contributed by atoms with Crippen molar-refractivity contribution in [3.05, 3.63) is 70.7 Å². The van der Waals surface area contributed by atoms with Gasteiger partial charge in [0.2, 0.25) is 0 Å². The number of carbonyl (C=O) groups excluding carboxylic acids is 2. The molecule has 0 spiro atoms. The summed E-state index contributed by atoms with van der Waals surface area (Å²) in [5, 5.41) is 12.5. The number of aromatic nitrogens is 1. The van der Waals surface area contributed by atoms with Gasteiger partial charge in [0, 0.05) is 11.3 Å². The van der Waals surface area contributed by atoms with Crippen molar-refractivity contribution >= 4 is 34.4 Å². The Bertz CT molecular complexity index is 1100. The molecule has 2 aromatic carbocycles. The molecule has 1 aromatic heterocycles. The smallest absolute Gasteiger partial charge is 0.413 e. The number of carboxylic acid groups (broad SMARTS) is 1. The monoisotopic (exact) mass is 439 g/mol. The van der Waals surface area contributed by atoms with Crippen molar-refractivity contribution in [2.75, 3.05) is 18.5 Å². The van der Waals surface area contributed by atoms with Crippen molar-refractivity contribution < 1.29 is 29.1 Å². The molecule has 3 N–H and O–H groups in total. The summed E-state index contributed by atoms with van der Waals surface area (Å²) in [6.07, 6.45) is -0.690. The molecule has 0 radical (unpaired) electrons. The molecule has 0 saturated carbocycles. The van der Waals surface area contributed by atoms with Crippen LogP contribution in [0, 0.1) is 0 Å². The molecule has 0 unspecified atom stereocenters. The summed E-state index contributed by atoms with van der Waals surface area (Å²) in [5.74, 6) is -2.02. The fourth-order valence-corrected chi connectivity index (χ4v) is 4.05. The number of amides is 2. The molecule has 10 heteroatoms. The standard InChI is InChI=1S/C21H17N3O6S/c25-18(26)10-30-24-19(27)17-11-31-20(22-17)23-21(28)29-9-16-14-7-3-1-5-12(14)13-6-2-4-8-15(13)16/h1-8,11,16H,9-10H2,(H,24,27)(H,25,26)(H,22,23,28). The second-order valence-corrected chi connectivity index (χ2v) is 7.46. The van der Waals surface area contributed by atoms with Gasteiger partial charge in [-0.25, -0.2) is 20.1 Å². The first-order valence-electron chi connectivity index (χ1n) is 9.24. The van der Waals surface area contributed by atoms with E-state index in [2.05, 4.69) is 27.3 Å². The Kier molecular flexibility index (Phi) is 5.92. The molecule has 3 aromatic rings. The van der Waals surface area contributed by atoms with E-state index in [1.54, 1.807) is 0 Å². The Hall–Kier alpha value is -3.76. The minimum absolute atomic E-state index is 0.0238. The lowest BCUT2D eigenvalue weighted by Gasteiger charge is -2.14. The van der Waals surface area contributed by atoms with Crippen LogP contribution in [0.1, 0.15) is 27.5 Å². The first kappa shape index (κ1) is 20.5. The van der Waals surface area contributed by atoms with Crippen LogP contribution in [0.3, 0.4) is 0 Å². The van der Waals surface area contributed by atoms with E-state index in [4.69, 9.17) is 9.84 Å². The average Bonchev–Trinajstić information content (AvgIpc) is 3.35. The molecule has 0 aliphatic heterocycles. The van der Waals surface area contributed by atoms with Crippen LogP contribution in [-0.4, -0.2) is 41.3 Å². The van der Waals surface area contributed by atoms with Gasteiger partial charge in [-0.15, -0.1) is 11.3 Å². The van der Waals surface area contributed by atoms with Gasteiger partial charge < -0.3 is 9.84 Å². The van der Waals surface area contributed by atoms with Gasteiger partial charge in [0.15, 0.2) is 11.7 Å². The van der Waals surface area contributed by atoms with Crippen molar-refractivity contribution in [3.8, 4) is 11.1 Å². The lowest BCUT2D eigenvalue weighted by molar-refractivity contribution is -0.144. The Morgan fingerprint density at radius 1 is 1.03 bits per heavy atom. The van der Waals surface area contributed by atoms with Crippen LogP contribution in [0.2, 0.25) is 0 Å². The Morgan fingerprint density at radius 2 is 1.68 bits per heavy atom. The minimum Gasteiger partial charge on any atom is -0.479 e. The SMILES string of the molecule is O=C(O)CONC(=O)c1csc(NC(=O)OCC2c3ccccc3-c3ccccc32)n1. The second-order valence-electron chi connectivity index (χ2n) is 6.60. The van der Waals surface area contributed by atoms with E-state index in [0.717, 1.165) is 33.6 Å². The molecule has 0 atom stereocenters. The largest absolute Gasteiger partial charge is 0.479 e. The molecule has 0 saturated heterocycles. The number of thiazole rings is 1. The fourth-order valence-electron chi connectivity index (χ4n) is 3.37. The summed E-state index contributed by atoms with van der Waals surface area (Å²) < 4.78 is 5.43. The van der Waals surface area contributed by atoms with Crippen molar-refractivity contribution in [2.45, 2.75) is 5.92 Å². The maximum Gasteiger partial charge on any atom is 0.413 e. The summed E-state index contributed by atoms with van der Waals surface area (Å²) in [6, 6.07) is 16.0. The van der Waals surface area contributed by atoms with E-state index in [9.17, 15) is 14.4 Å². The van der Waals surface area contributed by atoms with Crippen molar-refractivity contribution in [1.29, 1.82) is 0 Å². The molecule has 0 bridgehead atoms. The number of carbonyl (C=O) groups is 3. The minimum atomic E-state index is -1.23. The quantitative estimate of drug-likeness (QED) is 0.482. The van der Waals surface area contributed by atoms with Gasteiger partial charge in [0.05, 0.1) is 0 Å². The van der Waals surface area contributed by atoms with Gasteiger partial charge in [-0.1, -0.05) is 48.5 Å². The summed E-state index contributed by atoms with van der Waals surface area (Å²) in [7, 11) is 0. The van der Waals surface area contributed by atoms with Gasteiger partial charge in [-0.05, 0) is 22.3 Å². The molecular weight excluding hydrogens is 422 g/mol. The zero-order valence-corrected chi connectivity index (χ0v) is 16.8. The predicted octanol–water partition coefficient (Wildman–Crippen LogP) is 3.25. The summed E-state index contributed by atoms with van der Waals surface area (Å²) in [5.41, 5.74) is 6.40. The lowest BCUT2D eigenvalue weighted by atomic mass is 9.98. The number of fused-ring (bicyclic) bond motifs is 3. The van der Waals surface area contributed by atoms with Crippen LogP contribution in [0.4, 0.5) is 9.93 Å². The zero-order valence-electron chi connectivity index (χ0n) is 16.0. The summed E-state index contributed by atoms with van der Waals surface area (Å²) >= 11 is 1.03. The Labute approximate surface area is 180 Å². The molecule has 158 valence electrons. The maximum absolute atomic E-state index is 12.3. The van der Waals surface area contributed by atoms with Gasteiger partial charge in [0.25, 0.3) is 5.91 Å². The molecule has 2 amide bonds. The number of hydrogen-bond acceptors (Lipinski definition) is 7. The summed E-state index contributed by atoms with van der Waals surface area (Å²) in [6.45, 7) is -0.525. The first-order valence-corrected chi connectivity index (χ1v) is 10.1. The van der Waals surface area contributed by atoms with E-state index < -0.39 is 24.6 Å². The summed E-state index contributed by atoms with van der Waals surface area (Å²) in [4.78, 5) is 43.0. The van der Waals surface area contributed by atoms with E-state index >= 15 is 0 Å². The number of aliphatic carboxylic acids is 1. The Morgan fingerprint density at radius 3 is 2.32 bits per heavy atom. The normalized spacial score (nSPS) is 12.0. The van der Waals surface area contributed by atoms with Gasteiger partial charge >= 0.3 is 12.1 Å². The molecule has 1 aliphatic rings. The zero-order chi connectivity index (χ0) is 21.8. The second kappa shape index (κ2) is 8.94. The highest BCUT2D eigenvalue weighted by Gasteiger charge is 2.29. The van der Waals surface area contributed by atoms with E-state index in [1.807, 2.05) is 41.9 Å². The topological polar surface area (TPSA) is 127 Å². The number of hydroxylamine groups is 1. The number of anilines is 1.